The van der Waals surface area contributed by atoms with Gasteiger partial charge < -0.3 is 10.6 Å². The molecule has 1 aromatic heterocycles. The molecule has 150 valence electrons. The maximum atomic E-state index is 12.2. The van der Waals surface area contributed by atoms with E-state index in [0.717, 1.165) is 19.5 Å². The average Bonchev–Trinajstić information content (AvgIpc) is 3.15. The first-order valence-electron chi connectivity index (χ1n) is 9.48. The molecular formula is C18H24N6O3S. The predicted octanol–water partition coefficient (Wildman–Crippen LogP) is 3.42. The van der Waals surface area contributed by atoms with Crippen molar-refractivity contribution in [2.24, 2.45) is 0 Å². The molecule has 1 fully saturated rings. The van der Waals surface area contributed by atoms with Crippen LogP contribution in [-0.4, -0.2) is 40.2 Å². The monoisotopic (exact) mass is 404 g/mol. The van der Waals surface area contributed by atoms with Gasteiger partial charge in [0, 0.05) is 30.3 Å². The predicted molar refractivity (Wildman–Crippen MR) is 109 cm³/mol. The number of non-ortho nitro benzene ring substituents is 1. The van der Waals surface area contributed by atoms with Crippen LogP contribution >= 0.6 is 11.3 Å². The fraction of sp³-hybridized carbons (Fsp3) is 0.500. The molecule has 0 atom stereocenters. The van der Waals surface area contributed by atoms with Gasteiger partial charge >= 0.3 is 0 Å². The Morgan fingerprint density at radius 2 is 1.96 bits per heavy atom. The van der Waals surface area contributed by atoms with Crippen LogP contribution in [0.3, 0.4) is 0 Å². The van der Waals surface area contributed by atoms with E-state index in [1.54, 1.807) is 0 Å². The molecule has 1 amide bonds. The molecular weight excluding hydrogens is 380 g/mol. The van der Waals surface area contributed by atoms with Gasteiger partial charge in [0.05, 0.1) is 4.92 Å². The van der Waals surface area contributed by atoms with Crippen molar-refractivity contribution in [2.45, 2.75) is 44.6 Å². The summed E-state index contributed by atoms with van der Waals surface area (Å²) >= 11 is 1.23. The lowest BCUT2D eigenvalue weighted by Crippen LogP contribution is -2.32. The summed E-state index contributed by atoms with van der Waals surface area (Å²) in [5, 5.41) is 29.2. The highest BCUT2D eigenvalue weighted by Crippen LogP contribution is 2.21. The summed E-state index contributed by atoms with van der Waals surface area (Å²) in [6.07, 6.45) is 7.54. The van der Waals surface area contributed by atoms with E-state index in [1.165, 1.54) is 67.7 Å². The molecule has 1 heterocycles. The van der Waals surface area contributed by atoms with Crippen LogP contribution in [0.2, 0.25) is 0 Å². The summed E-state index contributed by atoms with van der Waals surface area (Å²) in [5.74, 6) is -0.455. The lowest BCUT2D eigenvalue weighted by atomic mass is 9.95. The maximum absolute atomic E-state index is 12.2. The summed E-state index contributed by atoms with van der Waals surface area (Å²) in [4.78, 5) is 22.5. The Morgan fingerprint density at radius 3 is 2.75 bits per heavy atom. The Labute approximate surface area is 167 Å². The Morgan fingerprint density at radius 1 is 1.18 bits per heavy atom. The number of amides is 1. The minimum absolute atomic E-state index is 0.130. The first kappa shape index (κ1) is 20.2. The zero-order chi connectivity index (χ0) is 19.8. The van der Waals surface area contributed by atoms with Crippen LogP contribution in [0.1, 0.15) is 48.9 Å². The summed E-state index contributed by atoms with van der Waals surface area (Å²) in [7, 11) is 0. The van der Waals surface area contributed by atoms with Crippen molar-refractivity contribution in [3.63, 3.8) is 0 Å². The van der Waals surface area contributed by atoms with E-state index in [-0.39, 0.29) is 11.3 Å². The second-order valence-electron chi connectivity index (χ2n) is 6.74. The number of carbonyl (C=O) groups is 1. The van der Waals surface area contributed by atoms with Gasteiger partial charge in [-0.3, -0.25) is 20.2 Å². The fourth-order valence-corrected chi connectivity index (χ4v) is 3.84. The van der Waals surface area contributed by atoms with Gasteiger partial charge in [0.1, 0.15) is 0 Å². The molecule has 1 saturated carbocycles. The molecule has 0 unspecified atom stereocenters. The molecule has 0 bridgehead atoms. The number of carbonyl (C=O) groups excluding carboxylic acids is 1. The smallest absolute Gasteiger partial charge is 0.270 e. The largest absolute Gasteiger partial charge is 0.360 e. The van der Waals surface area contributed by atoms with Gasteiger partial charge in [0.15, 0.2) is 0 Å². The highest BCUT2D eigenvalue weighted by atomic mass is 32.1. The number of rotatable bonds is 9. The zero-order valence-corrected chi connectivity index (χ0v) is 16.3. The van der Waals surface area contributed by atoms with Crippen molar-refractivity contribution in [3.05, 3.63) is 39.9 Å². The van der Waals surface area contributed by atoms with Crippen molar-refractivity contribution in [2.75, 3.05) is 23.7 Å². The van der Waals surface area contributed by atoms with E-state index in [2.05, 4.69) is 26.1 Å². The van der Waals surface area contributed by atoms with Gasteiger partial charge in [0.25, 0.3) is 11.6 Å². The summed E-state index contributed by atoms with van der Waals surface area (Å²) in [6.45, 7) is 1.74. The second kappa shape index (κ2) is 10.1. The Hall–Kier alpha value is -2.59. The number of benzene rings is 1. The van der Waals surface area contributed by atoms with E-state index < -0.39 is 10.8 Å². The maximum Gasteiger partial charge on any atom is 0.270 e. The summed E-state index contributed by atoms with van der Waals surface area (Å²) in [6, 6.07) is 6.22. The fourth-order valence-electron chi connectivity index (χ4n) is 3.17. The lowest BCUT2D eigenvalue weighted by molar-refractivity contribution is -0.384. The third-order valence-corrected chi connectivity index (χ3v) is 5.43. The van der Waals surface area contributed by atoms with Crippen molar-refractivity contribution in [3.8, 4) is 0 Å². The van der Waals surface area contributed by atoms with Crippen LogP contribution in [0.5, 0.6) is 0 Å². The number of hydrogen-bond acceptors (Lipinski definition) is 8. The summed E-state index contributed by atoms with van der Waals surface area (Å²) in [5.41, 5.74) is 0.0711. The number of anilines is 2. The van der Waals surface area contributed by atoms with Gasteiger partial charge in [0.2, 0.25) is 10.3 Å². The number of hydrogen-bond donors (Lipinski definition) is 3. The Kier molecular flexibility index (Phi) is 7.26. The van der Waals surface area contributed by atoms with E-state index in [1.807, 2.05) is 0 Å². The van der Waals surface area contributed by atoms with Gasteiger partial charge in [-0.2, -0.15) is 0 Å². The van der Waals surface area contributed by atoms with E-state index in [0.29, 0.717) is 16.3 Å². The minimum Gasteiger partial charge on any atom is -0.360 e. The highest BCUT2D eigenvalue weighted by Gasteiger charge is 2.14. The van der Waals surface area contributed by atoms with Crippen molar-refractivity contribution >= 4 is 33.2 Å². The molecule has 2 aromatic rings. The number of nitrogens with zero attached hydrogens (tertiary/aromatic N) is 3. The van der Waals surface area contributed by atoms with Crippen molar-refractivity contribution < 1.29 is 9.72 Å². The van der Waals surface area contributed by atoms with Crippen LogP contribution in [0.15, 0.2) is 24.3 Å². The molecule has 10 heteroatoms. The normalized spacial score (nSPS) is 14.6. The van der Waals surface area contributed by atoms with Gasteiger partial charge in [-0.05, 0) is 31.9 Å². The molecule has 0 aliphatic heterocycles. The molecule has 28 heavy (non-hydrogen) atoms. The van der Waals surface area contributed by atoms with Crippen LogP contribution in [0, 0.1) is 10.1 Å². The third kappa shape index (κ3) is 5.96. The SMILES string of the molecule is O=C(Nc1nnc(NCCCNC2CCCCC2)s1)c1cccc([N+](=O)[O-])c1. The minimum atomic E-state index is -0.535. The molecule has 1 aliphatic rings. The average molecular weight is 404 g/mol. The first-order valence-corrected chi connectivity index (χ1v) is 10.3. The van der Waals surface area contributed by atoms with Crippen LogP contribution in [0.25, 0.3) is 0 Å². The first-order chi connectivity index (χ1) is 13.6. The molecule has 3 N–H and O–H groups in total. The van der Waals surface area contributed by atoms with Crippen molar-refractivity contribution in [1.29, 1.82) is 0 Å². The van der Waals surface area contributed by atoms with E-state index in [4.69, 9.17) is 0 Å². The molecule has 1 aliphatic carbocycles. The van der Waals surface area contributed by atoms with Crippen LogP contribution < -0.4 is 16.0 Å². The molecule has 1 aromatic carbocycles. The quantitative estimate of drug-likeness (QED) is 0.332. The Bertz CT molecular complexity index is 806. The third-order valence-electron chi connectivity index (χ3n) is 4.63. The molecule has 0 spiro atoms. The number of nitrogens with one attached hydrogen (secondary N) is 3. The molecule has 0 radical (unpaired) electrons. The standard InChI is InChI=1S/C18H24N6O3S/c25-16(13-6-4-9-15(12-13)24(26)27)21-18-23-22-17(28-18)20-11-5-10-19-14-7-2-1-3-8-14/h4,6,9,12,14,19H,1-3,5,7-8,10-11H2,(H,20,22)(H,21,23,25). The molecule has 3 rings (SSSR count). The highest BCUT2D eigenvalue weighted by molar-refractivity contribution is 7.19. The van der Waals surface area contributed by atoms with Gasteiger partial charge in [-0.15, -0.1) is 10.2 Å². The number of nitro groups is 1. The summed E-state index contributed by atoms with van der Waals surface area (Å²) < 4.78 is 0. The topological polar surface area (TPSA) is 122 Å². The molecule has 0 saturated heterocycles. The van der Waals surface area contributed by atoms with E-state index >= 15 is 0 Å². The van der Waals surface area contributed by atoms with E-state index in [9.17, 15) is 14.9 Å². The Balaban J connectivity index is 1.40. The zero-order valence-electron chi connectivity index (χ0n) is 15.5. The molecule has 9 nitrogen and oxygen atoms in total. The lowest BCUT2D eigenvalue weighted by Gasteiger charge is -2.22. The second-order valence-corrected chi connectivity index (χ2v) is 7.72. The van der Waals surface area contributed by atoms with Gasteiger partial charge in [-0.25, -0.2) is 0 Å². The number of nitro benzene ring substituents is 1. The van der Waals surface area contributed by atoms with Crippen molar-refractivity contribution in [1.82, 2.24) is 15.5 Å². The van der Waals surface area contributed by atoms with Gasteiger partial charge in [-0.1, -0.05) is 36.7 Å². The van der Waals surface area contributed by atoms with Crippen LogP contribution in [0.4, 0.5) is 16.0 Å². The number of aromatic nitrogens is 2. The van der Waals surface area contributed by atoms with Crippen LogP contribution in [-0.2, 0) is 0 Å².